The van der Waals surface area contributed by atoms with Crippen LogP contribution < -0.4 is 10.2 Å². The molecule has 320 valence electrons. The van der Waals surface area contributed by atoms with Gasteiger partial charge in [0.1, 0.15) is 0 Å². The summed E-state index contributed by atoms with van der Waals surface area (Å²) in [6, 6.07) is 2.17. The van der Waals surface area contributed by atoms with Crippen LogP contribution in [0.2, 0.25) is 38.3 Å². The topological polar surface area (TPSA) is 152 Å². The van der Waals surface area contributed by atoms with Gasteiger partial charge in [0.05, 0.1) is 25.4 Å². The highest BCUT2D eigenvalue weighted by molar-refractivity contribution is 6.84. The third-order valence-electron chi connectivity index (χ3n) is 9.01. The van der Waals surface area contributed by atoms with Crippen LogP contribution in [0.3, 0.4) is 0 Å². The van der Waals surface area contributed by atoms with Crippen molar-refractivity contribution in [3.05, 3.63) is 0 Å². The van der Waals surface area contributed by atoms with Crippen LogP contribution in [0.5, 0.6) is 0 Å². The number of carboxylic acid groups (broad SMARTS) is 2. The number of carboxylic acids is 2. The lowest BCUT2D eigenvalue weighted by Crippen LogP contribution is -2.44. The Labute approximate surface area is 329 Å². The van der Waals surface area contributed by atoms with Gasteiger partial charge in [0.25, 0.3) is 0 Å². The van der Waals surface area contributed by atoms with E-state index >= 15 is 0 Å². The number of aliphatic carboxylic acids is 2. The predicted octanol–water partition coefficient (Wildman–Crippen LogP) is 7.45. The zero-order chi connectivity index (χ0) is 40.8. The minimum atomic E-state index is -1.74. The summed E-state index contributed by atoms with van der Waals surface area (Å²) in [6.07, 6.45) is 21.0. The first-order valence-corrected chi connectivity index (χ1v) is 27.6. The third kappa shape index (κ3) is 49.1. The van der Waals surface area contributed by atoms with Gasteiger partial charge in [0, 0.05) is 31.7 Å². The zero-order valence-electron chi connectivity index (χ0n) is 36.2. The van der Waals surface area contributed by atoms with Gasteiger partial charge in [-0.15, -0.1) is 0 Å². The maximum Gasteiger partial charge on any atom is 0.173 e. The summed E-state index contributed by atoms with van der Waals surface area (Å²) in [5.41, 5.74) is 0. The van der Waals surface area contributed by atoms with Crippen molar-refractivity contribution in [1.29, 1.82) is 0 Å². The maximum absolute atomic E-state index is 10.4. The molecular formula is C41H87NO9Si2-2. The smallest absolute Gasteiger partial charge is 0.173 e. The van der Waals surface area contributed by atoms with E-state index in [4.69, 9.17) is 23.5 Å². The Kier molecular flexibility index (Phi) is 41.9. The van der Waals surface area contributed by atoms with E-state index in [0.29, 0.717) is 33.0 Å². The van der Waals surface area contributed by atoms with Gasteiger partial charge in [0.2, 0.25) is 0 Å². The predicted molar refractivity (Wildman–Crippen MR) is 222 cm³/mol. The average molecular weight is 794 g/mol. The molecule has 0 radical (unpaired) electrons. The highest BCUT2D eigenvalue weighted by Gasteiger charge is 2.32. The number of ether oxygens (including phenoxy) is 2. The van der Waals surface area contributed by atoms with E-state index in [1.54, 1.807) is 0 Å². The first kappa shape index (κ1) is 56.5. The standard InChI is InChI=1S/C27H61NO5Si2.C12H24O2.C2H4O2/c1-8-11-12-13-14-15-18-28(10-3)23-27(30)25-32-20-17-22-35(6,7)33-34(4,5)21-16-19-31-24-26(29)9-2;1-2-3-4-5-6-7-8-9-10-11-12(13)14;1-2(3)4/h26-27,29-30H,8-25H2,1-7H3;2-11H2,1H3,(H,13,14);1H3,(H,3,4)/p-2. The van der Waals surface area contributed by atoms with Crippen molar-refractivity contribution < 1.29 is 43.6 Å². The van der Waals surface area contributed by atoms with E-state index in [1.165, 1.54) is 83.5 Å². The van der Waals surface area contributed by atoms with Crippen LogP contribution in [-0.4, -0.2) is 102 Å². The number of rotatable bonds is 35. The van der Waals surface area contributed by atoms with Crippen molar-refractivity contribution >= 4 is 28.6 Å². The van der Waals surface area contributed by atoms with E-state index in [0.717, 1.165) is 64.2 Å². The summed E-state index contributed by atoms with van der Waals surface area (Å²) in [7, 11) is -3.46. The Morgan fingerprint density at radius 3 is 1.42 bits per heavy atom. The minimum Gasteiger partial charge on any atom is -0.550 e. The Morgan fingerprint density at radius 1 is 0.623 bits per heavy atom. The molecule has 0 aliphatic carbocycles. The van der Waals surface area contributed by atoms with Gasteiger partial charge >= 0.3 is 0 Å². The monoisotopic (exact) mass is 794 g/mol. The molecule has 2 N–H and O–H groups in total. The summed E-state index contributed by atoms with van der Waals surface area (Å²) in [5, 5.41) is 39.0. The lowest BCUT2D eigenvalue weighted by atomic mass is 10.1. The minimum absolute atomic E-state index is 0.232. The quantitative estimate of drug-likeness (QED) is 0.0489. The summed E-state index contributed by atoms with van der Waals surface area (Å²) in [6.45, 7) is 23.8. The van der Waals surface area contributed by atoms with Gasteiger partial charge in [-0.3, -0.25) is 0 Å². The number of unbranched alkanes of at least 4 members (excludes halogenated alkanes) is 13. The molecule has 10 nitrogen and oxygen atoms in total. The van der Waals surface area contributed by atoms with Gasteiger partial charge in [-0.1, -0.05) is 111 Å². The Hall–Kier alpha value is -0.866. The van der Waals surface area contributed by atoms with Crippen molar-refractivity contribution in [1.82, 2.24) is 4.90 Å². The van der Waals surface area contributed by atoms with Gasteiger partial charge < -0.3 is 48.5 Å². The molecule has 0 saturated heterocycles. The SMILES string of the molecule is CC(=O)[O-].CCCCCCCCCCCC(=O)[O-].CCCCCCCCN(CC)CC(O)COCCC[Si](C)(C)O[Si](C)(C)CCCOCC(O)CC. The van der Waals surface area contributed by atoms with Gasteiger partial charge in [0.15, 0.2) is 16.6 Å². The number of aliphatic hydroxyl groups is 2. The number of likely N-dealkylation sites (N-methyl/N-ethyl adjacent to an activating group) is 1. The van der Waals surface area contributed by atoms with Gasteiger partial charge in [-0.05, 0) is 96.8 Å². The fourth-order valence-corrected chi connectivity index (χ4v) is 14.8. The van der Waals surface area contributed by atoms with Crippen LogP contribution in [0, 0.1) is 0 Å². The van der Waals surface area contributed by atoms with Crippen molar-refractivity contribution in [2.45, 2.75) is 207 Å². The van der Waals surface area contributed by atoms with Crippen molar-refractivity contribution in [3.8, 4) is 0 Å². The normalized spacial score (nSPS) is 12.8. The van der Waals surface area contributed by atoms with Crippen molar-refractivity contribution in [3.63, 3.8) is 0 Å². The highest BCUT2D eigenvalue weighted by atomic mass is 28.4. The number of hydrogen-bond donors (Lipinski definition) is 2. The molecule has 0 bridgehead atoms. The molecule has 0 heterocycles. The van der Waals surface area contributed by atoms with E-state index in [2.05, 4.69) is 51.9 Å². The zero-order valence-corrected chi connectivity index (χ0v) is 38.2. The second kappa shape index (κ2) is 39.4. The molecule has 0 amide bonds. The molecule has 2 atom stereocenters. The summed E-state index contributed by atoms with van der Waals surface area (Å²) >= 11 is 0. The van der Waals surface area contributed by atoms with Gasteiger partial charge in [-0.2, -0.15) is 0 Å². The van der Waals surface area contributed by atoms with E-state index in [9.17, 15) is 20.1 Å². The lowest BCUT2D eigenvalue weighted by molar-refractivity contribution is -0.306. The Bertz CT molecular complexity index is 801. The molecule has 53 heavy (non-hydrogen) atoms. The number of hydrogen-bond acceptors (Lipinski definition) is 10. The number of carbonyl (C=O) groups is 2. The molecule has 2 unspecified atom stereocenters. The van der Waals surface area contributed by atoms with E-state index in [-0.39, 0.29) is 12.5 Å². The molecule has 0 aromatic heterocycles. The molecule has 0 fully saturated rings. The van der Waals surface area contributed by atoms with Gasteiger partial charge in [-0.25, -0.2) is 0 Å². The Morgan fingerprint density at radius 2 is 1.02 bits per heavy atom. The molecule has 0 saturated carbocycles. The first-order valence-electron chi connectivity index (χ1n) is 21.4. The summed E-state index contributed by atoms with van der Waals surface area (Å²) < 4.78 is 18.1. The highest BCUT2D eigenvalue weighted by Crippen LogP contribution is 2.24. The van der Waals surface area contributed by atoms with E-state index < -0.39 is 34.7 Å². The average Bonchev–Trinajstić information content (AvgIpc) is 3.07. The van der Waals surface area contributed by atoms with Crippen molar-refractivity contribution in [2.24, 2.45) is 0 Å². The summed E-state index contributed by atoms with van der Waals surface area (Å²) in [5.74, 6) is -1.99. The van der Waals surface area contributed by atoms with Crippen LogP contribution in [-0.2, 0) is 23.2 Å². The number of carbonyl (C=O) groups excluding carboxylic acids is 2. The van der Waals surface area contributed by atoms with Crippen LogP contribution in [0.15, 0.2) is 0 Å². The number of aliphatic hydroxyl groups excluding tert-OH is 2. The molecular weight excluding hydrogens is 707 g/mol. The molecule has 0 aliphatic rings. The van der Waals surface area contributed by atoms with Crippen LogP contribution in [0.1, 0.15) is 157 Å². The fraction of sp³-hybridized carbons (Fsp3) is 0.951. The Balaban J connectivity index is -0.00000114. The van der Waals surface area contributed by atoms with E-state index in [1.807, 2.05) is 6.92 Å². The lowest BCUT2D eigenvalue weighted by Gasteiger charge is -2.34. The molecule has 0 aliphatic heterocycles. The van der Waals surface area contributed by atoms with Crippen LogP contribution in [0.25, 0.3) is 0 Å². The maximum atomic E-state index is 10.4. The van der Waals surface area contributed by atoms with Crippen LogP contribution in [0.4, 0.5) is 0 Å². The largest absolute Gasteiger partial charge is 0.550 e. The second-order valence-corrected chi connectivity index (χ2v) is 24.7. The third-order valence-corrected chi connectivity index (χ3v) is 16.5. The molecule has 0 rings (SSSR count). The molecule has 0 aromatic carbocycles. The molecule has 0 aromatic rings. The molecule has 0 spiro atoms. The van der Waals surface area contributed by atoms with Crippen LogP contribution >= 0.6 is 0 Å². The second-order valence-electron chi connectivity index (χ2n) is 15.8. The summed E-state index contributed by atoms with van der Waals surface area (Å²) in [4.78, 5) is 21.3. The van der Waals surface area contributed by atoms with Crippen molar-refractivity contribution in [2.75, 3.05) is 46.1 Å². The number of nitrogens with zero attached hydrogens (tertiary/aromatic N) is 1. The fourth-order valence-electron chi connectivity index (χ4n) is 6.03. The first-order chi connectivity index (χ1) is 25.1. The molecule has 12 heteroatoms.